The highest BCUT2D eigenvalue weighted by Crippen LogP contribution is 2.25. The summed E-state index contributed by atoms with van der Waals surface area (Å²) in [5, 5.41) is 2.87. The Kier molecular flexibility index (Phi) is 4.96. The number of carbonyl (C=O) groups excluding carboxylic acids is 3. The molecule has 4 rings (SSSR count). The topological polar surface area (TPSA) is 72.5 Å². The average molecular weight is 385 g/mol. The summed E-state index contributed by atoms with van der Waals surface area (Å²) >= 11 is 0. The van der Waals surface area contributed by atoms with E-state index in [2.05, 4.69) is 5.32 Å². The molecule has 1 amide bonds. The van der Waals surface area contributed by atoms with Gasteiger partial charge in [-0.3, -0.25) is 9.59 Å². The number of cyclic esters (lactones) is 1. The molecule has 0 radical (unpaired) electrons. The van der Waals surface area contributed by atoms with Gasteiger partial charge in [0.1, 0.15) is 6.61 Å². The van der Waals surface area contributed by atoms with E-state index in [0.717, 1.165) is 11.1 Å². The Balaban J connectivity index is 1.51. The van der Waals surface area contributed by atoms with Crippen molar-refractivity contribution >= 4 is 23.3 Å². The monoisotopic (exact) mass is 385 g/mol. The molecular weight excluding hydrogens is 366 g/mol. The van der Waals surface area contributed by atoms with E-state index in [1.165, 1.54) is 0 Å². The SMILES string of the molecule is CC(C(=O)Nc1ccc2c(c1)COC2=O)c1cccc(C(=O)c2ccccc2)c1. The van der Waals surface area contributed by atoms with E-state index in [9.17, 15) is 14.4 Å². The van der Waals surface area contributed by atoms with Crippen molar-refractivity contribution in [3.8, 4) is 0 Å². The number of rotatable bonds is 5. The minimum Gasteiger partial charge on any atom is -0.457 e. The van der Waals surface area contributed by atoms with E-state index in [1.807, 2.05) is 24.3 Å². The molecule has 0 saturated heterocycles. The molecule has 1 aliphatic rings. The van der Waals surface area contributed by atoms with Crippen LogP contribution in [0.4, 0.5) is 5.69 Å². The van der Waals surface area contributed by atoms with Crippen molar-refractivity contribution in [1.82, 2.24) is 0 Å². The second-order valence-corrected chi connectivity index (χ2v) is 6.98. The normalized spacial score (nSPS) is 13.3. The summed E-state index contributed by atoms with van der Waals surface area (Å²) in [4.78, 5) is 37.0. The zero-order valence-electron chi connectivity index (χ0n) is 15.8. The number of anilines is 1. The number of nitrogens with one attached hydrogen (secondary N) is 1. The van der Waals surface area contributed by atoms with Gasteiger partial charge in [0.25, 0.3) is 0 Å². The van der Waals surface area contributed by atoms with Crippen LogP contribution >= 0.6 is 0 Å². The summed E-state index contributed by atoms with van der Waals surface area (Å²) in [7, 11) is 0. The summed E-state index contributed by atoms with van der Waals surface area (Å²) in [5.74, 6) is -1.07. The third kappa shape index (κ3) is 3.80. The van der Waals surface area contributed by atoms with Crippen molar-refractivity contribution in [2.45, 2.75) is 19.4 Å². The molecule has 0 aliphatic carbocycles. The summed E-state index contributed by atoms with van der Waals surface area (Å²) in [6, 6.07) is 21.3. The standard InChI is InChI=1S/C24H19NO4/c1-15(23(27)25-20-10-11-21-19(13-20)14-29-24(21)28)17-8-5-9-18(12-17)22(26)16-6-3-2-4-7-16/h2-13,15H,14H2,1H3,(H,25,27). The van der Waals surface area contributed by atoms with Crippen LogP contribution in [0.5, 0.6) is 0 Å². The zero-order valence-corrected chi connectivity index (χ0v) is 15.8. The molecule has 1 heterocycles. The molecule has 5 heteroatoms. The minimum atomic E-state index is -0.454. The van der Waals surface area contributed by atoms with Crippen molar-refractivity contribution in [1.29, 1.82) is 0 Å². The second kappa shape index (κ2) is 7.72. The van der Waals surface area contributed by atoms with Gasteiger partial charge in [0.2, 0.25) is 5.91 Å². The molecule has 0 spiro atoms. The van der Waals surface area contributed by atoms with Crippen LogP contribution in [-0.4, -0.2) is 17.7 Å². The quantitative estimate of drug-likeness (QED) is 0.524. The third-order valence-corrected chi connectivity index (χ3v) is 5.03. The van der Waals surface area contributed by atoms with Gasteiger partial charge in [-0.2, -0.15) is 0 Å². The van der Waals surface area contributed by atoms with E-state index in [-0.39, 0.29) is 24.3 Å². The Bertz CT molecular complexity index is 1100. The Hall–Kier alpha value is -3.73. The first kappa shape index (κ1) is 18.6. The van der Waals surface area contributed by atoms with Crippen LogP contribution in [-0.2, 0) is 16.1 Å². The Morgan fingerprint density at radius 1 is 0.931 bits per heavy atom. The highest BCUT2D eigenvalue weighted by molar-refractivity contribution is 6.09. The molecule has 0 bridgehead atoms. The van der Waals surface area contributed by atoms with Crippen LogP contribution in [0.15, 0.2) is 72.8 Å². The number of ketones is 1. The van der Waals surface area contributed by atoms with Crippen LogP contribution in [0.2, 0.25) is 0 Å². The van der Waals surface area contributed by atoms with E-state index < -0.39 is 5.92 Å². The predicted octanol–water partition coefficient (Wildman–Crippen LogP) is 4.33. The van der Waals surface area contributed by atoms with Crippen molar-refractivity contribution in [2.75, 3.05) is 5.32 Å². The first-order valence-corrected chi connectivity index (χ1v) is 9.33. The number of hydrogen-bond donors (Lipinski definition) is 1. The first-order chi connectivity index (χ1) is 14.0. The van der Waals surface area contributed by atoms with E-state index >= 15 is 0 Å². The Labute approximate surface area is 168 Å². The lowest BCUT2D eigenvalue weighted by atomic mass is 9.95. The molecule has 0 aromatic heterocycles. The highest BCUT2D eigenvalue weighted by atomic mass is 16.5. The first-order valence-electron chi connectivity index (χ1n) is 9.33. The number of fused-ring (bicyclic) bond motifs is 1. The molecule has 3 aromatic carbocycles. The summed E-state index contributed by atoms with van der Waals surface area (Å²) in [5.41, 5.74) is 3.80. The second-order valence-electron chi connectivity index (χ2n) is 6.98. The maximum atomic E-state index is 12.7. The fraction of sp³-hybridized carbons (Fsp3) is 0.125. The van der Waals surface area contributed by atoms with Crippen LogP contribution < -0.4 is 5.32 Å². The molecule has 3 aromatic rings. The van der Waals surface area contributed by atoms with Crippen molar-refractivity contribution in [2.24, 2.45) is 0 Å². The van der Waals surface area contributed by atoms with Crippen molar-refractivity contribution < 1.29 is 19.1 Å². The molecular formula is C24H19NO4. The lowest BCUT2D eigenvalue weighted by molar-refractivity contribution is -0.117. The summed E-state index contributed by atoms with van der Waals surface area (Å²) < 4.78 is 4.99. The Morgan fingerprint density at radius 3 is 2.48 bits per heavy atom. The van der Waals surface area contributed by atoms with Gasteiger partial charge >= 0.3 is 5.97 Å². The summed E-state index contributed by atoms with van der Waals surface area (Å²) in [6.07, 6.45) is 0. The van der Waals surface area contributed by atoms with Crippen LogP contribution in [0.3, 0.4) is 0 Å². The van der Waals surface area contributed by atoms with Crippen molar-refractivity contribution in [3.63, 3.8) is 0 Å². The predicted molar refractivity (Wildman–Crippen MR) is 109 cm³/mol. The fourth-order valence-electron chi connectivity index (χ4n) is 3.32. The number of carbonyl (C=O) groups is 3. The number of amides is 1. The van der Waals surface area contributed by atoms with Gasteiger partial charge < -0.3 is 10.1 Å². The summed E-state index contributed by atoms with van der Waals surface area (Å²) in [6.45, 7) is 2.01. The van der Waals surface area contributed by atoms with Gasteiger partial charge in [-0.25, -0.2) is 4.79 Å². The zero-order chi connectivity index (χ0) is 20.4. The van der Waals surface area contributed by atoms with Gasteiger partial charge in [-0.15, -0.1) is 0 Å². The maximum absolute atomic E-state index is 12.7. The van der Waals surface area contributed by atoms with Gasteiger partial charge in [0.15, 0.2) is 5.78 Å². The maximum Gasteiger partial charge on any atom is 0.338 e. The molecule has 0 saturated carbocycles. The largest absolute Gasteiger partial charge is 0.457 e. The lowest BCUT2D eigenvalue weighted by Gasteiger charge is -2.14. The number of hydrogen-bond acceptors (Lipinski definition) is 4. The molecule has 1 N–H and O–H groups in total. The molecule has 5 nitrogen and oxygen atoms in total. The van der Waals surface area contributed by atoms with Gasteiger partial charge in [-0.1, -0.05) is 48.5 Å². The number of esters is 1. The van der Waals surface area contributed by atoms with Crippen molar-refractivity contribution in [3.05, 3.63) is 101 Å². The Morgan fingerprint density at radius 2 is 1.69 bits per heavy atom. The van der Waals surface area contributed by atoms with Crippen LogP contribution in [0.25, 0.3) is 0 Å². The smallest absolute Gasteiger partial charge is 0.338 e. The molecule has 1 aliphatic heterocycles. The number of benzene rings is 3. The fourth-order valence-corrected chi connectivity index (χ4v) is 3.32. The van der Waals surface area contributed by atoms with Gasteiger partial charge in [-0.05, 0) is 36.8 Å². The molecule has 1 atom stereocenters. The molecule has 1 unspecified atom stereocenters. The highest BCUT2D eigenvalue weighted by Gasteiger charge is 2.22. The molecule has 144 valence electrons. The van der Waals surface area contributed by atoms with E-state index in [1.54, 1.807) is 55.5 Å². The molecule has 0 fully saturated rings. The van der Waals surface area contributed by atoms with Gasteiger partial charge in [0.05, 0.1) is 11.5 Å². The van der Waals surface area contributed by atoms with Crippen LogP contribution in [0.1, 0.15) is 50.2 Å². The number of ether oxygens (including phenoxy) is 1. The average Bonchev–Trinajstić information content (AvgIpc) is 3.13. The van der Waals surface area contributed by atoms with E-state index in [0.29, 0.717) is 22.4 Å². The minimum absolute atomic E-state index is 0.0802. The van der Waals surface area contributed by atoms with Gasteiger partial charge in [0, 0.05) is 22.4 Å². The lowest BCUT2D eigenvalue weighted by Crippen LogP contribution is -2.19. The third-order valence-electron chi connectivity index (χ3n) is 5.03. The van der Waals surface area contributed by atoms with E-state index in [4.69, 9.17) is 4.74 Å². The van der Waals surface area contributed by atoms with Crippen LogP contribution in [0, 0.1) is 0 Å². The molecule has 29 heavy (non-hydrogen) atoms.